The Hall–Kier alpha value is -1.31. The maximum atomic E-state index is 12.1. The molecule has 0 heterocycles. The summed E-state index contributed by atoms with van der Waals surface area (Å²) in [4.78, 5) is 12.1. The van der Waals surface area contributed by atoms with Crippen molar-refractivity contribution in [3.63, 3.8) is 0 Å². The molecule has 1 aliphatic carbocycles. The number of hydrogen-bond acceptors (Lipinski definition) is 2. The van der Waals surface area contributed by atoms with Gasteiger partial charge in [-0.2, -0.15) is 0 Å². The minimum Gasteiger partial charge on any atom is -0.454 e. The second kappa shape index (κ2) is 4.42. The molecule has 0 radical (unpaired) electrons. The quantitative estimate of drug-likeness (QED) is 0.704. The van der Waals surface area contributed by atoms with Gasteiger partial charge in [0.15, 0.2) is 0 Å². The van der Waals surface area contributed by atoms with E-state index in [-0.39, 0.29) is 5.97 Å². The van der Waals surface area contributed by atoms with E-state index in [4.69, 9.17) is 4.74 Å². The summed E-state index contributed by atoms with van der Waals surface area (Å²) in [5, 5.41) is 0. The number of esters is 1. The standard InChI is InChI=1S/C16H22O2/c1-15(2,3)14(17)18-16(4)11-7-9-12-8-5-6-10-13(12)16/h5-6,8,10H,7,9,11H2,1-4H3. The maximum Gasteiger partial charge on any atom is 0.312 e. The Morgan fingerprint density at radius 1 is 1.28 bits per heavy atom. The van der Waals surface area contributed by atoms with Gasteiger partial charge < -0.3 is 4.74 Å². The molecule has 0 saturated heterocycles. The molecule has 1 aromatic carbocycles. The van der Waals surface area contributed by atoms with Gasteiger partial charge in [0.2, 0.25) is 0 Å². The molecule has 2 rings (SSSR count). The Morgan fingerprint density at radius 3 is 2.61 bits per heavy atom. The molecule has 0 fully saturated rings. The average Bonchev–Trinajstić information content (AvgIpc) is 2.28. The van der Waals surface area contributed by atoms with Gasteiger partial charge in [-0.25, -0.2) is 0 Å². The van der Waals surface area contributed by atoms with Crippen LogP contribution in [0.15, 0.2) is 24.3 Å². The number of benzene rings is 1. The zero-order valence-electron chi connectivity index (χ0n) is 11.7. The Morgan fingerprint density at radius 2 is 1.94 bits per heavy atom. The largest absolute Gasteiger partial charge is 0.454 e. The zero-order chi connectivity index (χ0) is 13.4. The van der Waals surface area contributed by atoms with Crippen LogP contribution in [0.4, 0.5) is 0 Å². The van der Waals surface area contributed by atoms with Crippen LogP contribution in [-0.2, 0) is 21.6 Å². The van der Waals surface area contributed by atoms with Gasteiger partial charge in [0.1, 0.15) is 5.60 Å². The van der Waals surface area contributed by atoms with Gasteiger partial charge in [-0.15, -0.1) is 0 Å². The van der Waals surface area contributed by atoms with Gasteiger partial charge >= 0.3 is 5.97 Å². The molecule has 1 unspecified atom stereocenters. The summed E-state index contributed by atoms with van der Waals surface area (Å²) < 4.78 is 5.83. The van der Waals surface area contributed by atoms with Crippen LogP contribution in [0, 0.1) is 5.41 Å². The van der Waals surface area contributed by atoms with Crippen molar-refractivity contribution < 1.29 is 9.53 Å². The van der Waals surface area contributed by atoms with Crippen LogP contribution in [0.1, 0.15) is 51.7 Å². The predicted molar refractivity (Wildman–Crippen MR) is 72.3 cm³/mol. The highest BCUT2D eigenvalue weighted by Gasteiger charge is 2.38. The van der Waals surface area contributed by atoms with Crippen LogP contribution in [0.3, 0.4) is 0 Å². The first-order valence-electron chi connectivity index (χ1n) is 6.65. The average molecular weight is 246 g/mol. The molecule has 2 nitrogen and oxygen atoms in total. The monoisotopic (exact) mass is 246 g/mol. The molecule has 0 aromatic heterocycles. The summed E-state index contributed by atoms with van der Waals surface area (Å²) in [7, 11) is 0. The van der Waals surface area contributed by atoms with Crippen molar-refractivity contribution >= 4 is 5.97 Å². The molecule has 1 atom stereocenters. The number of ether oxygens (including phenoxy) is 1. The van der Waals surface area contributed by atoms with E-state index < -0.39 is 11.0 Å². The highest BCUT2D eigenvalue weighted by molar-refractivity contribution is 5.76. The Balaban J connectivity index is 2.30. The van der Waals surface area contributed by atoms with Gasteiger partial charge in [0.25, 0.3) is 0 Å². The molecule has 98 valence electrons. The van der Waals surface area contributed by atoms with E-state index in [1.807, 2.05) is 33.8 Å². The molecule has 1 aliphatic rings. The van der Waals surface area contributed by atoms with Crippen LogP contribution in [-0.4, -0.2) is 5.97 Å². The molecule has 0 bridgehead atoms. The summed E-state index contributed by atoms with van der Waals surface area (Å²) in [5.74, 6) is -0.123. The fraction of sp³-hybridized carbons (Fsp3) is 0.562. The van der Waals surface area contributed by atoms with E-state index in [1.165, 1.54) is 11.1 Å². The maximum absolute atomic E-state index is 12.1. The Bertz CT molecular complexity index is 456. The van der Waals surface area contributed by atoms with Crippen LogP contribution in [0.25, 0.3) is 0 Å². The Labute approximate surface area is 109 Å². The molecule has 0 aliphatic heterocycles. The molecule has 0 saturated carbocycles. The van der Waals surface area contributed by atoms with Crippen molar-refractivity contribution in [3.8, 4) is 0 Å². The lowest BCUT2D eigenvalue weighted by Crippen LogP contribution is -2.37. The molecular formula is C16H22O2. The van der Waals surface area contributed by atoms with Gasteiger partial charge in [0.05, 0.1) is 5.41 Å². The van der Waals surface area contributed by atoms with E-state index in [0.29, 0.717) is 0 Å². The normalized spacial score (nSPS) is 23.3. The minimum atomic E-state index is -0.459. The van der Waals surface area contributed by atoms with Crippen molar-refractivity contribution in [2.45, 2.75) is 52.6 Å². The van der Waals surface area contributed by atoms with Crippen molar-refractivity contribution in [2.24, 2.45) is 5.41 Å². The number of hydrogen-bond donors (Lipinski definition) is 0. The number of rotatable bonds is 1. The lowest BCUT2D eigenvalue weighted by Gasteiger charge is -2.37. The fourth-order valence-electron chi connectivity index (χ4n) is 2.47. The lowest BCUT2D eigenvalue weighted by molar-refractivity contribution is -0.170. The third-order valence-electron chi connectivity index (χ3n) is 3.62. The van der Waals surface area contributed by atoms with Crippen molar-refractivity contribution in [1.29, 1.82) is 0 Å². The first kappa shape index (κ1) is 13.1. The Kier molecular flexibility index (Phi) is 3.22. The minimum absolute atomic E-state index is 0.123. The molecule has 0 spiro atoms. The molecule has 0 amide bonds. The number of aryl methyl sites for hydroxylation is 1. The summed E-state index contributed by atoms with van der Waals surface area (Å²) in [5.41, 5.74) is 1.58. The highest BCUT2D eigenvalue weighted by atomic mass is 16.6. The first-order chi connectivity index (χ1) is 8.33. The first-order valence-corrected chi connectivity index (χ1v) is 6.65. The van der Waals surface area contributed by atoms with E-state index in [9.17, 15) is 4.79 Å². The van der Waals surface area contributed by atoms with E-state index in [2.05, 4.69) is 18.2 Å². The van der Waals surface area contributed by atoms with Crippen molar-refractivity contribution in [2.75, 3.05) is 0 Å². The summed E-state index contributed by atoms with van der Waals surface area (Å²) in [6.45, 7) is 7.73. The summed E-state index contributed by atoms with van der Waals surface area (Å²) in [6, 6.07) is 8.30. The second-order valence-electron chi connectivity index (χ2n) is 6.38. The topological polar surface area (TPSA) is 26.3 Å². The third-order valence-corrected chi connectivity index (χ3v) is 3.62. The molecule has 2 heteroatoms. The van der Waals surface area contributed by atoms with Crippen LogP contribution in [0.5, 0.6) is 0 Å². The van der Waals surface area contributed by atoms with Crippen LogP contribution >= 0.6 is 0 Å². The zero-order valence-corrected chi connectivity index (χ0v) is 11.7. The molecular weight excluding hydrogens is 224 g/mol. The van der Waals surface area contributed by atoms with Gasteiger partial charge in [0, 0.05) is 0 Å². The van der Waals surface area contributed by atoms with Crippen molar-refractivity contribution in [3.05, 3.63) is 35.4 Å². The lowest BCUT2D eigenvalue weighted by atomic mass is 9.80. The van der Waals surface area contributed by atoms with E-state index >= 15 is 0 Å². The smallest absolute Gasteiger partial charge is 0.312 e. The van der Waals surface area contributed by atoms with Crippen LogP contribution < -0.4 is 0 Å². The molecule has 0 N–H and O–H groups in total. The number of fused-ring (bicyclic) bond motifs is 1. The van der Waals surface area contributed by atoms with Gasteiger partial charge in [-0.1, -0.05) is 24.3 Å². The van der Waals surface area contributed by atoms with Gasteiger partial charge in [-0.05, 0) is 58.1 Å². The predicted octanol–water partition coefficient (Wildman–Crippen LogP) is 3.83. The van der Waals surface area contributed by atoms with Gasteiger partial charge in [-0.3, -0.25) is 4.79 Å². The number of carbonyl (C=O) groups is 1. The summed E-state index contributed by atoms with van der Waals surface area (Å²) in [6.07, 6.45) is 3.07. The highest BCUT2D eigenvalue weighted by Crippen LogP contribution is 2.39. The van der Waals surface area contributed by atoms with E-state index in [1.54, 1.807) is 0 Å². The molecule has 1 aromatic rings. The SMILES string of the molecule is CC(C)(C)C(=O)OC1(C)CCCc2ccccc21. The summed E-state index contributed by atoms with van der Waals surface area (Å²) >= 11 is 0. The number of carbonyl (C=O) groups excluding carboxylic acids is 1. The van der Waals surface area contributed by atoms with Crippen molar-refractivity contribution in [1.82, 2.24) is 0 Å². The molecule has 18 heavy (non-hydrogen) atoms. The fourth-order valence-corrected chi connectivity index (χ4v) is 2.47. The van der Waals surface area contributed by atoms with Crippen LogP contribution in [0.2, 0.25) is 0 Å². The second-order valence-corrected chi connectivity index (χ2v) is 6.38. The van der Waals surface area contributed by atoms with E-state index in [0.717, 1.165) is 19.3 Å². The third kappa shape index (κ3) is 2.43.